The first kappa shape index (κ1) is 14.3. The molecule has 5 nitrogen and oxygen atoms in total. The van der Waals surface area contributed by atoms with Crippen molar-refractivity contribution in [3.63, 3.8) is 0 Å². The van der Waals surface area contributed by atoms with E-state index in [9.17, 15) is 4.79 Å². The number of methoxy groups -OCH3 is 1. The number of aromatic nitrogens is 3. The average Bonchev–Trinajstić information content (AvgIpc) is 3.08. The second-order valence-corrected chi connectivity index (χ2v) is 5.42. The highest BCUT2D eigenvalue weighted by atomic mass is 16.5. The first-order valence-corrected chi connectivity index (χ1v) is 7.57. The molecule has 0 saturated carbocycles. The molecule has 0 aliphatic carbocycles. The van der Waals surface area contributed by atoms with Crippen LogP contribution < -0.4 is 10.3 Å². The van der Waals surface area contributed by atoms with E-state index < -0.39 is 0 Å². The summed E-state index contributed by atoms with van der Waals surface area (Å²) in [5, 5.41) is 3.00. The third-order valence-electron chi connectivity index (χ3n) is 4.03. The maximum absolute atomic E-state index is 12.7. The van der Waals surface area contributed by atoms with Gasteiger partial charge in [0.05, 0.1) is 12.7 Å². The van der Waals surface area contributed by atoms with Crippen molar-refractivity contribution in [2.24, 2.45) is 0 Å². The van der Waals surface area contributed by atoms with Crippen molar-refractivity contribution < 1.29 is 4.74 Å². The average molecular weight is 317 g/mol. The smallest absolute Gasteiger partial charge is 0.280 e. The summed E-state index contributed by atoms with van der Waals surface area (Å²) in [5.74, 6) is 0.787. The predicted octanol–water partition coefficient (Wildman–Crippen LogP) is 3.37. The summed E-state index contributed by atoms with van der Waals surface area (Å²) in [4.78, 5) is 17.2. The molecule has 0 unspecified atom stereocenters. The zero-order chi connectivity index (χ0) is 16.5. The van der Waals surface area contributed by atoms with Gasteiger partial charge < -0.3 is 4.74 Å². The Morgan fingerprint density at radius 2 is 1.67 bits per heavy atom. The molecule has 4 rings (SSSR count). The van der Waals surface area contributed by atoms with Gasteiger partial charge in [0.2, 0.25) is 0 Å². The number of benzene rings is 2. The van der Waals surface area contributed by atoms with Crippen molar-refractivity contribution in [3.8, 4) is 28.0 Å². The molecule has 0 atom stereocenters. The largest absolute Gasteiger partial charge is 0.497 e. The number of ether oxygens (including phenoxy) is 1. The van der Waals surface area contributed by atoms with Crippen LogP contribution in [-0.4, -0.2) is 21.7 Å². The SMILES string of the molecule is COc1ccc(-c2c[nH]n3c(=O)c(-c4ccccc4)cnc23)cc1. The standard InChI is InChI=1S/C19H15N3O2/c1-24-15-9-7-14(8-10-15)16-12-21-22-18(16)20-11-17(19(22)23)13-5-3-2-4-6-13/h2-12,21H,1H3. The summed E-state index contributed by atoms with van der Waals surface area (Å²) in [6.07, 6.45) is 3.42. The molecule has 2 aromatic heterocycles. The Morgan fingerprint density at radius 1 is 0.958 bits per heavy atom. The van der Waals surface area contributed by atoms with E-state index in [-0.39, 0.29) is 5.56 Å². The number of hydrogen-bond donors (Lipinski definition) is 1. The molecule has 0 fully saturated rings. The number of H-pyrrole nitrogens is 1. The van der Waals surface area contributed by atoms with E-state index in [2.05, 4.69) is 10.1 Å². The van der Waals surface area contributed by atoms with Gasteiger partial charge in [-0.2, -0.15) is 0 Å². The Labute approximate surface area is 138 Å². The second-order valence-electron chi connectivity index (χ2n) is 5.42. The fraction of sp³-hybridized carbons (Fsp3) is 0.0526. The minimum absolute atomic E-state index is 0.119. The normalized spacial score (nSPS) is 10.9. The van der Waals surface area contributed by atoms with Crippen molar-refractivity contribution in [2.75, 3.05) is 7.11 Å². The van der Waals surface area contributed by atoms with Crippen LogP contribution in [0.5, 0.6) is 5.75 Å². The second kappa shape index (κ2) is 5.70. The number of nitrogens with zero attached hydrogens (tertiary/aromatic N) is 2. The molecule has 2 heterocycles. The zero-order valence-corrected chi connectivity index (χ0v) is 13.1. The van der Waals surface area contributed by atoms with Gasteiger partial charge in [-0.1, -0.05) is 42.5 Å². The van der Waals surface area contributed by atoms with Crippen molar-refractivity contribution in [3.05, 3.63) is 77.3 Å². The Balaban J connectivity index is 1.86. The van der Waals surface area contributed by atoms with Crippen LogP contribution in [0.2, 0.25) is 0 Å². The molecule has 0 aliphatic rings. The van der Waals surface area contributed by atoms with Gasteiger partial charge >= 0.3 is 0 Å². The number of hydrogen-bond acceptors (Lipinski definition) is 3. The van der Waals surface area contributed by atoms with Crippen LogP contribution in [-0.2, 0) is 0 Å². The predicted molar refractivity (Wildman–Crippen MR) is 93.2 cm³/mol. The molecule has 0 aliphatic heterocycles. The monoisotopic (exact) mass is 317 g/mol. The number of aromatic amines is 1. The summed E-state index contributed by atoms with van der Waals surface area (Å²) in [5.41, 5.74) is 3.74. The van der Waals surface area contributed by atoms with Gasteiger partial charge in [-0.15, -0.1) is 0 Å². The van der Waals surface area contributed by atoms with Crippen molar-refractivity contribution >= 4 is 5.65 Å². The van der Waals surface area contributed by atoms with E-state index in [1.807, 2.05) is 54.6 Å². The number of fused-ring (bicyclic) bond motifs is 1. The molecule has 0 bridgehead atoms. The van der Waals surface area contributed by atoms with Crippen LogP contribution in [0.3, 0.4) is 0 Å². The van der Waals surface area contributed by atoms with Crippen LogP contribution in [0, 0.1) is 0 Å². The first-order chi connectivity index (χ1) is 11.8. The molecule has 0 spiro atoms. The molecule has 24 heavy (non-hydrogen) atoms. The third-order valence-corrected chi connectivity index (χ3v) is 4.03. The lowest BCUT2D eigenvalue weighted by Crippen LogP contribution is -2.16. The minimum atomic E-state index is -0.119. The molecule has 2 aromatic carbocycles. The van der Waals surface area contributed by atoms with Crippen molar-refractivity contribution in [1.82, 2.24) is 14.6 Å². The van der Waals surface area contributed by atoms with E-state index in [1.165, 1.54) is 4.52 Å². The number of rotatable bonds is 3. The van der Waals surface area contributed by atoms with Gasteiger partial charge in [-0.25, -0.2) is 9.50 Å². The summed E-state index contributed by atoms with van der Waals surface area (Å²) in [7, 11) is 1.63. The maximum Gasteiger partial charge on any atom is 0.280 e. The Morgan fingerprint density at radius 3 is 2.38 bits per heavy atom. The first-order valence-electron chi connectivity index (χ1n) is 7.57. The van der Waals surface area contributed by atoms with Crippen molar-refractivity contribution in [1.29, 1.82) is 0 Å². The van der Waals surface area contributed by atoms with E-state index >= 15 is 0 Å². The Hall–Kier alpha value is -3.34. The highest BCUT2D eigenvalue weighted by Crippen LogP contribution is 2.25. The molecular formula is C19H15N3O2. The molecule has 5 heteroatoms. The molecular weight excluding hydrogens is 302 g/mol. The fourth-order valence-electron chi connectivity index (χ4n) is 2.76. The van der Waals surface area contributed by atoms with E-state index in [0.717, 1.165) is 22.4 Å². The van der Waals surface area contributed by atoms with Crippen LogP contribution in [0.4, 0.5) is 0 Å². The Bertz CT molecular complexity index is 1050. The molecule has 4 aromatic rings. The fourth-order valence-corrected chi connectivity index (χ4v) is 2.76. The van der Waals surface area contributed by atoms with Gasteiger partial charge in [0.25, 0.3) is 5.56 Å². The van der Waals surface area contributed by atoms with E-state index in [4.69, 9.17) is 4.74 Å². The highest BCUT2D eigenvalue weighted by molar-refractivity contribution is 5.78. The van der Waals surface area contributed by atoms with Crippen LogP contribution >= 0.6 is 0 Å². The Kier molecular flexibility index (Phi) is 3.39. The summed E-state index contributed by atoms with van der Waals surface area (Å²) in [6, 6.07) is 17.2. The van der Waals surface area contributed by atoms with Gasteiger partial charge in [0.1, 0.15) is 5.75 Å². The van der Waals surface area contributed by atoms with Gasteiger partial charge in [-0.05, 0) is 23.3 Å². The lowest BCUT2D eigenvalue weighted by molar-refractivity contribution is 0.415. The summed E-state index contributed by atoms with van der Waals surface area (Å²) >= 11 is 0. The van der Waals surface area contributed by atoms with Gasteiger partial charge in [0, 0.05) is 18.0 Å². The van der Waals surface area contributed by atoms with E-state index in [0.29, 0.717) is 11.2 Å². The van der Waals surface area contributed by atoms with Crippen LogP contribution in [0.1, 0.15) is 0 Å². The molecule has 0 saturated heterocycles. The molecule has 1 N–H and O–H groups in total. The third kappa shape index (κ3) is 2.27. The quantitative estimate of drug-likeness (QED) is 0.630. The minimum Gasteiger partial charge on any atom is -0.497 e. The zero-order valence-electron chi connectivity index (χ0n) is 13.1. The molecule has 118 valence electrons. The summed E-state index contributed by atoms with van der Waals surface area (Å²) in [6.45, 7) is 0. The van der Waals surface area contributed by atoms with E-state index in [1.54, 1.807) is 19.5 Å². The highest BCUT2D eigenvalue weighted by Gasteiger charge is 2.12. The topological polar surface area (TPSA) is 59.4 Å². The van der Waals surface area contributed by atoms with Crippen molar-refractivity contribution in [2.45, 2.75) is 0 Å². The van der Waals surface area contributed by atoms with Gasteiger partial charge in [-0.3, -0.25) is 9.89 Å². The van der Waals surface area contributed by atoms with Crippen LogP contribution in [0.25, 0.3) is 27.9 Å². The van der Waals surface area contributed by atoms with Gasteiger partial charge in [0.15, 0.2) is 5.65 Å². The van der Waals surface area contributed by atoms with Crippen LogP contribution in [0.15, 0.2) is 71.8 Å². The summed E-state index contributed by atoms with van der Waals surface area (Å²) < 4.78 is 6.65. The number of nitrogens with one attached hydrogen (secondary N) is 1. The lowest BCUT2D eigenvalue weighted by atomic mass is 10.1. The lowest BCUT2D eigenvalue weighted by Gasteiger charge is -2.03. The molecule has 0 amide bonds. The molecule has 0 radical (unpaired) electrons. The maximum atomic E-state index is 12.7.